The van der Waals surface area contributed by atoms with Crippen LogP contribution in [0.25, 0.3) is 11.3 Å². The van der Waals surface area contributed by atoms with Gasteiger partial charge in [-0.2, -0.15) is 0 Å². The van der Waals surface area contributed by atoms with E-state index >= 15 is 0 Å². The molecule has 96 valence electrons. The van der Waals surface area contributed by atoms with Crippen molar-refractivity contribution in [2.24, 2.45) is 0 Å². The van der Waals surface area contributed by atoms with E-state index in [0.29, 0.717) is 6.04 Å². The summed E-state index contributed by atoms with van der Waals surface area (Å²) < 4.78 is 5.17. The van der Waals surface area contributed by atoms with Crippen molar-refractivity contribution in [2.75, 3.05) is 19.0 Å². The number of methoxy groups -OCH3 is 1. The van der Waals surface area contributed by atoms with Gasteiger partial charge >= 0.3 is 0 Å². The summed E-state index contributed by atoms with van der Waals surface area (Å²) in [5, 5.41) is 3.45. The van der Waals surface area contributed by atoms with Gasteiger partial charge in [0.05, 0.1) is 24.8 Å². The zero-order valence-corrected chi connectivity index (χ0v) is 10.8. The average molecular weight is 245 g/mol. The normalized spacial score (nSPS) is 12.3. The number of hydrogen-bond donors (Lipinski definition) is 2. The standard InChI is InChI=1S/C14H19N3O/c1-3-12(9-18-2)17-13-6-4-11(5-7-13)14-8-15-10-16-14/h4-8,10,12,17H,3,9H2,1-2H3,(H,15,16). The molecule has 0 bridgehead atoms. The van der Waals surface area contributed by atoms with Gasteiger partial charge < -0.3 is 15.0 Å². The number of hydrogen-bond acceptors (Lipinski definition) is 3. The molecular weight excluding hydrogens is 226 g/mol. The third-order valence-corrected chi connectivity index (χ3v) is 2.93. The largest absolute Gasteiger partial charge is 0.383 e. The Morgan fingerprint density at radius 2 is 2.11 bits per heavy atom. The molecule has 4 heteroatoms. The van der Waals surface area contributed by atoms with Crippen molar-refractivity contribution in [3.8, 4) is 11.3 Å². The molecule has 0 aliphatic heterocycles. The van der Waals surface area contributed by atoms with Crippen LogP contribution in [0.2, 0.25) is 0 Å². The van der Waals surface area contributed by atoms with Crippen molar-refractivity contribution in [2.45, 2.75) is 19.4 Å². The van der Waals surface area contributed by atoms with Gasteiger partial charge in [-0.1, -0.05) is 19.1 Å². The monoisotopic (exact) mass is 245 g/mol. The zero-order chi connectivity index (χ0) is 12.8. The molecule has 1 heterocycles. The van der Waals surface area contributed by atoms with Gasteiger partial charge in [-0.15, -0.1) is 0 Å². The first-order chi connectivity index (χ1) is 8.83. The molecule has 0 aliphatic rings. The van der Waals surface area contributed by atoms with Gasteiger partial charge in [0, 0.05) is 18.8 Å². The molecule has 0 aliphatic carbocycles. The molecule has 18 heavy (non-hydrogen) atoms. The first-order valence-corrected chi connectivity index (χ1v) is 6.17. The minimum absolute atomic E-state index is 0.355. The lowest BCUT2D eigenvalue weighted by Crippen LogP contribution is -2.23. The third kappa shape index (κ3) is 3.11. The lowest BCUT2D eigenvalue weighted by Gasteiger charge is -2.17. The number of aromatic amines is 1. The highest BCUT2D eigenvalue weighted by Gasteiger charge is 2.05. The predicted octanol–water partition coefficient (Wildman–Crippen LogP) is 2.91. The topological polar surface area (TPSA) is 49.9 Å². The van der Waals surface area contributed by atoms with E-state index in [1.807, 2.05) is 6.20 Å². The Hall–Kier alpha value is -1.81. The van der Waals surface area contributed by atoms with Crippen LogP contribution in [0.1, 0.15) is 13.3 Å². The maximum Gasteiger partial charge on any atom is 0.0924 e. The quantitative estimate of drug-likeness (QED) is 0.822. The molecule has 2 aromatic rings. The Balaban J connectivity index is 2.03. The number of anilines is 1. The van der Waals surface area contributed by atoms with E-state index < -0.39 is 0 Å². The van der Waals surface area contributed by atoms with Gasteiger partial charge in [0.25, 0.3) is 0 Å². The van der Waals surface area contributed by atoms with Gasteiger partial charge in [0.2, 0.25) is 0 Å². The van der Waals surface area contributed by atoms with Crippen LogP contribution in [-0.2, 0) is 4.74 Å². The molecule has 0 radical (unpaired) electrons. The van der Waals surface area contributed by atoms with E-state index in [9.17, 15) is 0 Å². The first kappa shape index (κ1) is 12.6. The number of benzene rings is 1. The SMILES string of the molecule is CCC(COC)Nc1ccc(-c2cnc[nH]2)cc1. The lowest BCUT2D eigenvalue weighted by atomic mass is 10.1. The van der Waals surface area contributed by atoms with Crippen molar-refractivity contribution < 1.29 is 4.74 Å². The Labute approximate surface area is 107 Å². The summed E-state index contributed by atoms with van der Waals surface area (Å²) in [5.41, 5.74) is 3.28. The van der Waals surface area contributed by atoms with Gasteiger partial charge in [-0.05, 0) is 24.1 Å². The summed E-state index contributed by atoms with van der Waals surface area (Å²) in [7, 11) is 1.73. The summed E-state index contributed by atoms with van der Waals surface area (Å²) >= 11 is 0. The van der Waals surface area contributed by atoms with Crippen LogP contribution < -0.4 is 5.32 Å². The Kier molecular flexibility index (Phi) is 4.36. The van der Waals surface area contributed by atoms with Crippen molar-refractivity contribution >= 4 is 5.69 Å². The van der Waals surface area contributed by atoms with E-state index in [4.69, 9.17) is 4.74 Å². The number of nitrogens with one attached hydrogen (secondary N) is 2. The fourth-order valence-electron chi connectivity index (χ4n) is 1.86. The molecule has 2 N–H and O–H groups in total. The summed E-state index contributed by atoms with van der Waals surface area (Å²) in [4.78, 5) is 7.11. The molecule has 1 unspecified atom stereocenters. The number of aromatic nitrogens is 2. The summed E-state index contributed by atoms with van der Waals surface area (Å²) in [6.45, 7) is 2.87. The fourth-order valence-corrected chi connectivity index (χ4v) is 1.86. The van der Waals surface area contributed by atoms with E-state index in [0.717, 1.165) is 30.0 Å². The molecule has 2 rings (SSSR count). The molecule has 0 saturated heterocycles. The summed E-state index contributed by atoms with van der Waals surface area (Å²) in [5.74, 6) is 0. The van der Waals surface area contributed by atoms with Crippen LogP contribution in [0.3, 0.4) is 0 Å². The Morgan fingerprint density at radius 3 is 2.67 bits per heavy atom. The van der Waals surface area contributed by atoms with Crippen LogP contribution in [-0.4, -0.2) is 29.7 Å². The number of H-pyrrole nitrogens is 1. The van der Waals surface area contributed by atoms with E-state index in [1.54, 1.807) is 13.4 Å². The van der Waals surface area contributed by atoms with Crippen LogP contribution in [0.5, 0.6) is 0 Å². The molecule has 0 fully saturated rings. The van der Waals surface area contributed by atoms with Crippen molar-refractivity contribution in [3.05, 3.63) is 36.8 Å². The molecule has 4 nitrogen and oxygen atoms in total. The van der Waals surface area contributed by atoms with Crippen molar-refractivity contribution in [1.82, 2.24) is 9.97 Å². The Morgan fingerprint density at radius 1 is 1.33 bits per heavy atom. The molecule has 0 amide bonds. The number of imidazole rings is 1. The van der Waals surface area contributed by atoms with E-state index in [-0.39, 0.29) is 0 Å². The van der Waals surface area contributed by atoms with Gasteiger partial charge in [-0.3, -0.25) is 0 Å². The minimum atomic E-state index is 0.355. The van der Waals surface area contributed by atoms with Gasteiger partial charge in [0.1, 0.15) is 0 Å². The third-order valence-electron chi connectivity index (χ3n) is 2.93. The van der Waals surface area contributed by atoms with Crippen molar-refractivity contribution in [1.29, 1.82) is 0 Å². The average Bonchev–Trinajstić information content (AvgIpc) is 2.93. The van der Waals surface area contributed by atoms with Crippen LogP contribution in [0, 0.1) is 0 Å². The zero-order valence-electron chi connectivity index (χ0n) is 10.8. The van der Waals surface area contributed by atoms with Crippen LogP contribution in [0.15, 0.2) is 36.8 Å². The number of rotatable bonds is 6. The number of ether oxygens (including phenoxy) is 1. The predicted molar refractivity (Wildman–Crippen MR) is 73.6 cm³/mol. The van der Waals surface area contributed by atoms with Crippen LogP contribution in [0.4, 0.5) is 5.69 Å². The van der Waals surface area contributed by atoms with Crippen molar-refractivity contribution in [3.63, 3.8) is 0 Å². The highest BCUT2D eigenvalue weighted by Crippen LogP contribution is 2.19. The highest BCUT2D eigenvalue weighted by atomic mass is 16.5. The molecule has 0 spiro atoms. The van der Waals surface area contributed by atoms with Gasteiger partial charge in [0.15, 0.2) is 0 Å². The van der Waals surface area contributed by atoms with Gasteiger partial charge in [-0.25, -0.2) is 4.98 Å². The number of nitrogens with zero attached hydrogens (tertiary/aromatic N) is 1. The lowest BCUT2D eigenvalue weighted by molar-refractivity contribution is 0.184. The fraction of sp³-hybridized carbons (Fsp3) is 0.357. The minimum Gasteiger partial charge on any atom is -0.383 e. The second-order valence-electron chi connectivity index (χ2n) is 4.25. The molecule has 1 atom stereocenters. The van der Waals surface area contributed by atoms with E-state index in [2.05, 4.69) is 46.5 Å². The highest BCUT2D eigenvalue weighted by molar-refractivity contribution is 5.62. The smallest absolute Gasteiger partial charge is 0.0924 e. The second kappa shape index (κ2) is 6.21. The molecule has 0 saturated carbocycles. The molecular formula is C14H19N3O. The maximum absolute atomic E-state index is 5.17. The Bertz CT molecular complexity index is 450. The maximum atomic E-state index is 5.17. The summed E-state index contributed by atoms with van der Waals surface area (Å²) in [6, 6.07) is 8.67. The molecule has 1 aromatic heterocycles. The first-order valence-electron chi connectivity index (χ1n) is 6.17. The van der Waals surface area contributed by atoms with Crippen LogP contribution >= 0.6 is 0 Å². The van der Waals surface area contributed by atoms with E-state index in [1.165, 1.54) is 0 Å². The molecule has 1 aromatic carbocycles. The summed E-state index contributed by atoms with van der Waals surface area (Å²) in [6.07, 6.45) is 4.55. The second-order valence-corrected chi connectivity index (χ2v) is 4.25.